The first-order chi connectivity index (χ1) is 32.0. The number of aliphatic carboxylic acids is 6. The van der Waals surface area contributed by atoms with Crippen LogP contribution in [-0.2, 0) is 28.8 Å². The highest BCUT2D eigenvalue weighted by molar-refractivity contribution is 6.28. The van der Waals surface area contributed by atoms with Gasteiger partial charge in [0, 0.05) is 63.9 Å². The lowest BCUT2D eigenvalue weighted by Gasteiger charge is -2.16. The van der Waals surface area contributed by atoms with E-state index in [0.29, 0.717) is 0 Å². The van der Waals surface area contributed by atoms with Crippen LogP contribution < -0.4 is 14.9 Å². The van der Waals surface area contributed by atoms with Gasteiger partial charge in [0.2, 0.25) is 0 Å². The molecule has 0 atom stereocenters. The SMILES string of the molecule is CN(C)c1ccc(C(=C2C=CC(=[N+](C)C)C=C2)c2ccccc2)cc1.CN(C)c1ccc(C(=C2C=CC(=[N+](C)C)C=C2)c2ccccc2)cc1.O=C(O)C(=O)O.O=C(O)C(=O)O.O=C([O-])C(=O)O. The minimum absolute atomic E-state index is 1.21. The monoisotopic (exact) mass is 927 g/mol. The van der Waals surface area contributed by atoms with Crippen molar-refractivity contribution >= 4 is 69.8 Å². The summed E-state index contributed by atoms with van der Waals surface area (Å²) in [6.07, 6.45) is 17.5. The third-order valence-corrected chi connectivity index (χ3v) is 9.35. The van der Waals surface area contributed by atoms with Crippen LogP contribution in [0.3, 0.4) is 0 Å². The quantitative estimate of drug-likeness (QED) is 0.128. The summed E-state index contributed by atoms with van der Waals surface area (Å²) in [6, 6.07) is 38.7. The second kappa shape index (κ2) is 27.4. The van der Waals surface area contributed by atoms with Crippen LogP contribution in [0.4, 0.5) is 11.4 Å². The highest BCUT2D eigenvalue weighted by atomic mass is 16.5. The fourth-order valence-electron chi connectivity index (χ4n) is 5.91. The number of hydrogen-bond donors (Lipinski definition) is 5. The topological polar surface area (TPSA) is 239 Å². The van der Waals surface area contributed by atoms with E-state index >= 15 is 0 Å². The van der Waals surface area contributed by atoms with Gasteiger partial charge < -0.3 is 45.2 Å². The molecule has 2 aliphatic rings. The predicted molar refractivity (Wildman–Crippen MR) is 260 cm³/mol. The van der Waals surface area contributed by atoms with Crippen molar-refractivity contribution in [2.75, 3.05) is 66.2 Å². The number of carbonyl (C=O) groups excluding carboxylic acids is 1. The summed E-state index contributed by atoms with van der Waals surface area (Å²) in [7, 11) is 16.5. The van der Waals surface area contributed by atoms with Crippen molar-refractivity contribution in [2.24, 2.45) is 0 Å². The fourth-order valence-corrected chi connectivity index (χ4v) is 5.91. The Morgan fingerprint density at radius 3 is 0.809 bits per heavy atom. The first-order valence-electron chi connectivity index (χ1n) is 20.4. The molecule has 0 bridgehead atoms. The van der Waals surface area contributed by atoms with Crippen molar-refractivity contribution in [1.29, 1.82) is 0 Å². The summed E-state index contributed by atoms with van der Waals surface area (Å²) in [4.78, 5) is 58.7. The Bertz CT molecular complexity index is 2400. The Hall–Kier alpha value is -8.92. The van der Waals surface area contributed by atoms with Gasteiger partial charge in [-0.05, 0) is 93.1 Å². The van der Waals surface area contributed by atoms with Gasteiger partial charge >= 0.3 is 29.8 Å². The molecule has 0 radical (unpaired) electrons. The molecule has 4 aromatic rings. The number of carboxylic acid groups (broad SMARTS) is 6. The summed E-state index contributed by atoms with van der Waals surface area (Å²) in [5, 5.41) is 45.9. The molecule has 354 valence electrons. The maximum Gasteiger partial charge on any atom is 0.414 e. The van der Waals surface area contributed by atoms with Gasteiger partial charge in [0.05, 0.1) is 0 Å². The molecular weight excluding hydrogens is 873 g/mol. The molecule has 6 rings (SSSR count). The summed E-state index contributed by atoms with van der Waals surface area (Å²) in [5.41, 5.74) is 14.7. The van der Waals surface area contributed by atoms with Crippen molar-refractivity contribution in [2.45, 2.75) is 0 Å². The molecule has 0 aliphatic heterocycles. The highest BCUT2D eigenvalue weighted by Gasteiger charge is 2.15. The molecule has 68 heavy (non-hydrogen) atoms. The number of nitrogens with zero attached hydrogens (tertiary/aromatic N) is 4. The van der Waals surface area contributed by atoms with Crippen LogP contribution in [-0.4, -0.2) is 138 Å². The standard InChI is InChI=1S/2C23H25N2.3C2H2O4/c2*1-24(2)21-14-10-19(11-15-21)23(18-8-6-5-7-9-18)20-12-16-22(17-13-20)25(3)4;3*3-1(4)2(5)6/h2*5-17H,1-4H3;3*(H,3,4)(H,5,6)/q2*+1;;;/p-1. The number of hydrogen-bond acceptors (Lipinski definition) is 9. The number of carboxylic acids is 6. The second-order valence-electron chi connectivity index (χ2n) is 15.1. The third kappa shape index (κ3) is 18.3. The summed E-state index contributed by atoms with van der Waals surface area (Å²) in [5.74, 6) is -11.3. The molecule has 5 N–H and O–H groups in total. The molecule has 0 unspecified atom stereocenters. The average molecular weight is 928 g/mol. The van der Waals surface area contributed by atoms with Gasteiger partial charge in [0.25, 0.3) is 0 Å². The molecule has 4 aromatic carbocycles. The number of benzene rings is 4. The van der Waals surface area contributed by atoms with E-state index in [2.05, 4.69) is 233 Å². The lowest BCUT2D eigenvalue weighted by Crippen LogP contribution is -2.30. The van der Waals surface area contributed by atoms with Gasteiger partial charge in [0.1, 0.15) is 28.2 Å². The number of rotatable bonds is 6. The smallest absolute Gasteiger partial charge is 0.414 e. The predicted octanol–water partition coefficient (Wildman–Crippen LogP) is 4.92. The number of allylic oxidation sites excluding steroid dienone is 10. The van der Waals surface area contributed by atoms with Gasteiger partial charge in [-0.15, -0.1) is 0 Å². The van der Waals surface area contributed by atoms with Crippen molar-refractivity contribution in [1.82, 2.24) is 0 Å². The highest BCUT2D eigenvalue weighted by Crippen LogP contribution is 2.32. The zero-order valence-corrected chi connectivity index (χ0v) is 38.9. The van der Waals surface area contributed by atoms with Crippen molar-refractivity contribution in [3.63, 3.8) is 0 Å². The summed E-state index contributed by atoms with van der Waals surface area (Å²) >= 11 is 0. The van der Waals surface area contributed by atoms with Crippen molar-refractivity contribution in [3.05, 3.63) is 191 Å². The van der Waals surface area contributed by atoms with Crippen molar-refractivity contribution in [3.8, 4) is 0 Å². The van der Waals surface area contributed by atoms with Crippen molar-refractivity contribution < 1.29 is 68.6 Å². The van der Waals surface area contributed by atoms with E-state index in [1.54, 1.807) is 0 Å². The lowest BCUT2D eigenvalue weighted by molar-refractivity contribution is -0.462. The summed E-state index contributed by atoms with van der Waals surface area (Å²) < 4.78 is 4.25. The van der Waals surface area contributed by atoms with Crippen LogP contribution >= 0.6 is 0 Å². The molecule has 16 heteroatoms. The van der Waals surface area contributed by atoms with Crippen LogP contribution in [0, 0.1) is 0 Å². The maximum atomic E-state index is 9.10. The zero-order chi connectivity index (χ0) is 51.1. The van der Waals surface area contributed by atoms with Gasteiger partial charge in [-0.1, -0.05) is 84.9 Å². The summed E-state index contributed by atoms with van der Waals surface area (Å²) in [6.45, 7) is 0. The first-order valence-corrected chi connectivity index (χ1v) is 20.4. The molecular formula is C52H55N4O12+. The minimum Gasteiger partial charge on any atom is -0.539 e. The molecule has 0 saturated heterocycles. The van der Waals surface area contributed by atoms with E-state index in [-0.39, 0.29) is 0 Å². The molecule has 16 nitrogen and oxygen atoms in total. The van der Waals surface area contributed by atoms with E-state index in [0.717, 1.165) is 0 Å². The largest absolute Gasteiger partial charge is 0.539 e. The van der Waals surface area contributed by atoms with Gasteiger partial charge in [0.15, 0.2) is 17.4 Å². The molecule has 0 spiro atoms. The van der Waals surface area contributed by atoms with E-state index in [4.69, 9.17) is 59.4 Å². The Kier molecular flexibility index (Phi) is 22.3. The fraction of sp³-hybridized carbons (Fsp3) is 0.154. The van der Waals surface area contributed by atoms with E-state index in [1.807, 2.05) is 0 Å². The maximum absolute atomic E-state index is 9.10. The van der Waals surface area contributed by atoms with Gasteiger partial charge in [-0.2, -0.15) is 0 Å². The Labute approximate surface area is 394 Å². The van der Waals surface area contributed by atoms with Crippen LogP contribution in [0.1, 0.15) is 22.3 Å². The minimum atomic E-state index is -2.07. The van der Waals surface area contributed by atoms with E-state index < -0.39 is 35.8 Å². The van der Waals surface area contributed by atoms with E-state index in [1.165, 1.54) is 67.3 Å². The van der Waals surface area contributed by atoms with Gasteiger partial charge in [-0.25, -0.2) is 33.1 Å². The van der Waals surface area contributed by atoms with E-state index in [9.17, 15) is 0 Å². The molecule has 0 fully saturated rings. The Balaban J connectivity index is 0.000000344. The number of anilines is 2. The Morgan fingerprint density at radius 1 is 0.382 bits per heavy atom. The Morgan fingerprint density at radius 2 is 0.618 bits per heavy atom. The normalized spacial score (nSPS) is 11.6. The molecule has 0 heterocycles. The zero-order valence-electron chi connectivity index (χ0n) is 38.9. The van der Waals surface area contributed by atoms with Gasteiger partial charge in [-0.3, -0.25) is 0 Å². The van der Waals surface area contributed by atoms with Crippen LogP contribution in [0.5, 0.6) is 0 Å². The second-order valence-corrected chi connectivity index (χ2v) is 15.1. The van der Waals surface area contributed by atoms with Crippen LogP contribution in [0.15, 0.2) is 169 Å². The lowest BCUT2D eigenvalue weighted by atomic mass is 9.90. The van der Waals surface area contributed by atoms with Crippen LogP contribution in [0.2, 0.25) is 0 Å². The third-order valence-electron chi connectivity index (χ3n) is 9.35. The molecule has 0 saturated carbocycles. The molecule has 2 aliphatic carbocycles. The first kappa shape index (κ1) is 55.2. The molecule has 0 amide bonds. The van der Waals surface area contributed by atoms with Crippen LogP contribution in [0.25, 0.3) is 11.1 Å². The number of carbonyl (C=O) groups is 6. The average Bonchev–Trinajstić information content (AvgIpc) is 3.31. The molecule has 0 aromatic heterocycles.